The molecule has 1 fully saturated rings. The summed E-state index contributed by atoms with van der Waals surface area (Å²) in [7, 11) is 0. The number of nitrogens with one attached hydrogen (secondary N) is 1. The Morgan fingerprint density at radius 2 is 2.42 bits per heavy atom. The van der Waals surface area contributed by atoms with Crippen LogP contribution in [-0.2, 0) is 4.79 Å². The van der Waals surface area contributed by atoms with Gasteiger partial charge in [0.25, 0.3) is 0 Å². The van der Waals surface area contributed by atoms with E-state index in [1.54, 1.807) is 6.07 Å². The van der Waals surface area contributed by atoms with E-state index >= 15 is 0 Å². The van der Waals surface area contributed by atoms with Gasteiger partial charge in [0, 0.05) is 35.5 Å². The van der Waals surface area contributed by atoms with Gasteiger partial charge in [-0.05, 0) is 24.6 Å². The van der Waals surface area contributed by atoms with Crippen molar-refractivity contribution >= 4 is 29.0 Å². The first-order valence-electron chi connectivity index (χ1n) is 6.66. The van der Waals surface area contributed by atoms with Crippen LogP contribution in [0.2, 0.25) is 0 Å². The summed E-state index contributed by atoms with van der Waals surface area (Å²) in [4.78, 5) is 14.2. The minimum Gasteiger partial charge on any atom is -0.399 e. The average Bonchev–Trinajstić information content (AvgIpc) is 2.38. The van der Waals surface area contributed by atoms with Crippen LogP contribution < -0.4 is 11.1 Å². The Bertz CT molecular complexity index is 438. The summed E-state index contributed by atoms with van der Waals surface area (Å²) in [6.45, 7) is 4.66. The lowest BCUT2D eigenvalue weighted by molar-refractivity contribution is -0.117. The van der Waals surface area contributed by atoms with Crippen LogP contribution in [0.1, 0.15) is 13.3 Å². The van der Waals surface area contributed by atoms with Gasteiger partial charge in [-0.3, -0.25) is 9.69 Å². The topological polar surface area (TPSA) is 58.4 Å². The molecule has 1 atom stereocenters. The second-order valence-corrected chi connectivity index (χ2v) is 6.22. The number of nitrogens with zero attached hydrogens (tertiary/aromatic N) is 1. The molecule has 1 aliphatic heterocycles. The van der Waals surface area contributed by atoms with Gasteiger partial charge in [-0.2, -0.15) is 11.8 Å². The van der Waals surface area contributed by atoms with E-state index in [2.05, 4.69) is 17.1 Å². The lowest BCUT2D eigenvalue weighted by Gasteiger charge is -2.31. The largest absolute Gasteiger partial charge is 0.399 e. The van der Waals surface area contributed by atoms with Crippen LogP contribution in [0.5, 0.6) is 0 Å². The van der Waals surface area contributed by atoms with E-state index < -0.39 is 0 Å². The van der Waals surface area contributed by atoms with Crippen molar-refractivity contribution in [3.63, 3.8) is 0 Å². The molecule has 1 heterocycles. The van der Waals surface area contributed by atoms with Crippen molar-refractivity contribution in [2.24, 2.45) is 0 Å². The highest BCUT2D eigenvalue weighted by molar-refractivity contribution is 8.00. The summed E-state index contributed by atoms with van der Waals surface area (Å²) in [5.74, 6) is 1.15. The van der Waals surface area contributed by atoms with E-state index in [-0.39, 0.29) is 5.91 Å². The molecule has 1 aromatic carbocycles. The molecule has 1 amide bonds. The minimum atomic E-state index is 0.0346. The van der Waals surface area contributed by atoms with E-state index in [1.807, 2.05) is 30.0 Å². The number of nitrogens with two attached hydrogens (primary N) is 1. The molecule has 19 heavy (non-hydrogen) atoms. The van der Waals surface area contributed by atoms with Gasteiger partial charge in [-0.15, -0.1) is 0 Å². The van der Waals surface area contributed by atoms with Crippen LogP contribution in [0.25, 0.3) is 0 Å². The summed E-state index contributed by atoms with van der Waals surface area (Å²) in [5, 5.41) is 3.56. The molecule has 3 N–H and O–H groups in total. The lowest BCUT2D eigenvalue weighted by atomic mass is 10.2. The Kier molecular flexibility index (Phi) is 5.10. The van der Waals surface area contributed by atoms with E-state index in [9.17, 15) is 4.79 Å². The molecular weight excluding hydrogens is 258 g/mol. The normalized spacial score (nSPS) is 20.2. The summed E-state index contributed by atoms with van der Waals surface area (Å²) in [5.41, 5.74) is 7.12. The molecule has 0 aliphatic carbocycles. The van der Waals surface area contributed by atoms with E-state index in [0.29, 0.717) is 17.5 Å². The Morgan fingerprint density at radius 1 is 1.58 bits per heavy atom. The van der Waals surface area contributed by atoms with Crippen molar-refractivity contribution in [1.29, 1.82) is 0 Å². The fraction of sp³-hybridized carbons (Fsp3) is 0.500. The van der Waals surface area contributed by atoms with Crippen LogP contribution in [-0.4, -0.2) is 41.4 Å². The van der Waals surface area contributed by atoms with Gasteiger partial charge < -0.3 is 11.1 Å². The summed E-state index contributed by atoms with van der Waals surface area (Å²) in [6, 6.07) is 7.28. The number of amides is 1. The first kappa shape index (κ1) is 14.2. The molecule has 2 rings (SSSR count). The van der Waals surface area contributed by atoms with Crippen molar-refractivity contribution in [1.82, 2.24) is 4.90 Å². The molecule has 0 saturated carbocycles. The molecule has 1 saturated heterocycles. The maximum absolute atomic E-state index is 12.0. The maximum atomic E-state index is 12.0. The smallest absolute Gasteiger partial charge is 0.238 e. The zero-order valence-corrected chi connectivity index (χ0v) is 12.1. The van der Waals surface area contributed by atoms with Crippen LogP contribution in [0, 0.1) is 0 Å². The standard InChI is InChI=1S/C14H21N3OS/c1-2-13-9-17(6-7-19-13)10-14(18)16-12-5-3-4-11(15)8-12/h3-5,8,13H,2,6-7,9-10,15H2,1H3,(H,16,18). The third kappa shape index (κ3) is 4.44. The number of thioether (sulfide) groups is 1. The predicted octanol–water partition coefficient (Wildman–Crippen LogP) is 2.03. The highest BCUT2D eigenvalue weighted by atomic mass is 32.2. The number of carbonyl (C=O) groups is 1. The Labute approximate surface area is 118 Å². The molecule has 0 radical (unpaired) electrons. The summed E-state index contributed by atoms with van der Waals surface area (Å²) >= 11 is 2.01. The van der Waals surface area contributed by atoms with E-state index in [1.165, 1.54) is 0 Å². The van der Waals surface area contributed by atoms with Crippen molar-refractivity contribution in [3.8, 4) is 0 Å². The second-order valence-electron chi connectivity index (χ2n) is 4.81. The number of carbonyl (C=O) groups excluding carboxylic acids is 1. The van der Waals surface area contributed by atoms with Gasteiger partial charge in [-0.25, -0.2) is 0 Å². The van der Waals surface area contributed by atoms with Gasteiger partial charge >= 0.3 is 0 Å². The van der Waals surface area contributed by atoms with Gasteiger partial charge in [0.15, 0.2) is 0 Å². The van der Waals surface area contributed by atoms with Gasteiger partial charge in [-0.1, -0.05) is 13.0 Å². The maximum Gasteiger partial charge on any atom is 0.238 e. The number of hydrogen-bond acceptors (Lipinski definition) is 4. The number of anilines is 2. The first-order valence-corrected chi connectivity index (χ1v) is 7.71. The quantitative estimate of drug-likeness (QED) is 0.828. The Hall–Kier alpha value is -1.20. The van der Waals surface area contributed by atoms with Crippen LogP contribution in [0.3, 0.4) is 0 Å². The molecule has 4 nitrogen and oxygen atoms in total. The molecule has 0 aromatic heterocycles. The molecule has 104 valence electrons. The van der Waals surface area contributed by atoms with Crippen molar-refractivity contribution < 1.29 is 4.79 Å². The number of benzene rings is 1. The molecule has 1 aliphatic rings. The third-order valence-electron chi connectivity index (χ3n) is 3.22. The molecule has 0 bridgehead atoms. The fourth-order valence-electron chi connectivity index (χ4n) is 2.19. The number of rotatable bonds is 4. The minimum absolute atomic E-state index is 0.0346. The molecule has 1 unspecified atom stereocenters. The fourth-order valence-corrected chi connectivity index (χ4v) is 3.44. The molecular formula is C14H21N3OS. The summed E-state index contributed by atoms with van der Waals surface area (Å²) < 4.78 is 0. The monoisotopic (exact) mass is 279 g/mol. The van der Waals surface area contributed by atoms with E-state index in [4.69, 9.17) is 5.73 Å². The predicted molar refractivity (Wildman–Crippen MR) is 82.5 cm³/mol. The van der Waals surface area contributed by atoms with Crippen molar-refractivity contribution in [3.05, 3.63) is 24.3 Å². The Morgan fingerprint density at radius 3 is 3.16 bits per heavy atom. The van der Waals surface area contributed by atoms with Gasteiger partial charge in [0.1, 0.15) is 0 Å². The van der Waals surface area contributed by atoms with Crippen LogP contribution in [0.15, 0.2) is 24.3 Å². The van der Waals surface area contributed by atoms with Crippen molar-refractivity contribution in [2.45, 2.75) is 18.6 Å². The van der Waals surface area contributed by atoms with Crippen LogP contribution >= 0.6 is 11.8 Å². The van der Waals surface area contributed by atoms with Gasteiger partial charge in [0.05, 0.1) is 6.54 Å². The Balaban J connectivity index is 1.84. The van der Waals surface area contributed by atoms with Gasteiger partial charge in [0.2, 0.25) is 5.91 Å². The highest BCUT2D eigenvalue weighted by Gasteiger charge is 2.20. The lowest BCUT2D eigenvalue weighted by Crippen LogP contribution is -2.42. The first-order chi connectivity index (χ1) is 9.17. The molecule has 1 aromatic rings. The SMILES string of the molecule is CCC1CN(CC(=O)Nc2cccc(N)c2)CCS1. The average molecular weight is 279 g/mol. The number of nitrogen functional groups attached to an aromatic ring is 1. The van der Waals surface area contributed by atoms with E-state index in [0.717, 1.165) is 31.0 Å². The summed E-state index contributed by atoms with van der Waals surface area (Å²) in [6.07, 6.45) is 1.16. The third-order valence-corrected chi connectivity index (χ3v) is 4.59. The zero-order chi connectivity index (χ0) is 13.7. The van der Waals surface area contributed by atoms with Crippen LogP contribution in [0.4, 0.5) is 11.4 Å². The second kappa shape index (κ2) is 6.82. The number of hydrogen-bond donors (Lipinski definition) is 2. The molecule has 0 spiro atoms. The zero-order valence-electron chi connectivity index (χ0n) is 11.3. The van der Waals surface area contributed by atoms with Crippen molar-refractivity contribution in [2.75, 3.05) is 36.4 Å². The molecule has 5 heteroatoms. The highest BCUT2D eigenvalue weighted by Crippen LogP contribution is 2.21.